The number of nitrogens with one attached hydrogen (secondary N) is 2. The monoisotopic (exact) mass is 446 g/mol. The normalized spacial score (nSPS) is 17.3. The molecule has 1 aromatic heterocycles. The molecule has 1 aliphatic rings. The number of amides is 2. The van der Waals surface area contributed by atoms with Gasteiger partial charge in [-0.15, -0.1) is 0 Å². The van der Waals surface area contributed by atoms with E-state index < -0.39 is 6.04 Å². The Balaban J connectivity index is 1.74. The maximum absolute atomic E-state index is 13.3. The zero-order chi connectivity index (χ0) is 23.7. The van der Waals surface area contributed by atoms with Crippen LogP contribution in [-0.4, -0.2) is 34.7 Å². The molecule has 7 nitrogen and oxygen atoms in total. The molecule has 3 aromatic rings. The van der Waals surface area contributed by atoms with Gasteiger partial charge in [0.25, 0.3) is 5.91 Å². The highest BCUT2D eigenvalue weighted by Crippen LogP contribution is 2.39. The Morgan fingerprint density at radius 1 is 1.15 bits per heavy atom. The second-order valence-corrected chi connectivity index (χ2v) is 8.36. The van der Waals surface area contributed by atoms with E-state index in [1.54, 1.807) is 23.9 Å². The molecular weight excluding hydrogens is 416 g/mol. The summed E-state index contributed by atoms with van der Waals surface area (Å²) in [5, 5.41) is 10.5. The molecule has 0 saturated heterocycles. The number of hydrogen-bond donors (Lipinski definition) is 2. The number of benzene rings is 2. The van der Waals surface area contributed by atoms with Crippen molar-refractivity contribution < 1.29 is 14.3 Å². The molecule has 0 bridgehead atoms. The summed E-state index contributed by atoms with van der Waals surface area (Å²) in [6.07, 6.45) is 1.67. The fraction of sp³-hybridized carbons (Fsp3) is 0.346. The Labute approximate surface area is 194 Å². The summed E-state index contributed by atoms with van der Waals surface area (Å²) in [4.78, 5) is 26.5. The van der Waals surface area contributed by atoms with Crippen LogP contribution in [0.4, 0.5) is 5.82 Å². The number of fused-ring (bicyclic) bond motifs is 1. The molecular formula is C26H30N4O3. The number of aryl methyl sites for hydroxylation is 4. The van der Waals surface area contributed by atoms with Crippen LogP contribution in [0.15, 0.2) is 42.5 Å². The van der Waals surface area contributed by atoms with Gasteiger partial charge in [-0.05, 0) is 54.7 Å². The molecule has 2 N–H and O–H groups in total. The number of anilines is 1. The number of aromatic nitrogens is 2. The Kier molecular flexibility index (Phi) is 6.22. The molecule has 33 heavy (non-hydrogen) atoms. The summed E-state index contributed by atoms with van der Waals surface area (Å²) in [6.45, 7) is 6.05. The first-order valence-electron chi connectivity index (χ1n) is 11.3. The topological polar surface area (TPSA) is 85.3 Å². The lowest BCUT2D eigenvalue weighted by atomic mass is 9.81. The molecule has 0 saturated carbocycles. The molecule has 1 aliphatic heterocycles. The molecule has 2 amide bonds. The number of ether oxygens (including phenoxy) is 1. The van der Waals surface area contributed by atoms with E-state index >= 15 is 0 Å². The molecule has 2 heterocycles. The van der Waals surface area contributed by atoms with E-state index in [0.717, 1.165) is 41.0 Å². The molecule has 0 radical (unpaired) electrons. The van der Waals surface area contributed by atoms with Crippen molar-refractivity contribution in [3.8, 4) is 5.75 Å². The number of rotatable bonds is 6. The summed E-state index contributed by atoms with van der Waals surface area (Å²) in [7, 11) is 3.43. The van der Waals surface area contributed by atoms with Crippen molar-refractivity contribution >= 4 is 17.6 Å². The summed E-state index contributed by atoms with van der Waals surface area (Å²) in [5.74, 6) is 0.515. The zero-order valence-corrected chi connectivity index (χ0v) is 19.7. The van der Waals surface area contributed by atoms with Crippen LogP contribution in [0.3, 0.4) is 0 Å². The molecule has 4 rings (SSSR count). The maximum Gasteiger partial charge on any atom is 0.251 e. The van der Waals surface area contributed by atoms with Gasteiger partial charge in [0.2, 0.25) is 5.91 Å². The second kappa shape index (κ2) is 9.10. The van der Waals surface area contributed by atoms with Gasteiger partial charge in [0.05, 0.1) is 12.8 Å². The molecule has 0 spiro atoms. The van der Waals surface area contributed by atoms with Crippen LogP contribution in [0.1, 0.15) is 58.1 Å². The van der Waals surface area contributed by atoms with Crippen molar-refractivity contribution in [1.29, 1.82) is 0 Å². The average molecular weight is 447 g/mol. The Morgan fingerprint density at radius 3 is 2.52 bits per heavy atom. The van der Waals surface area contributed by atoms with Crippen LogP contribution in [0.25, 0.3) is 0 Å². The van der Waals surface area contributed by atoms with Crippen LogP contribution in [0.5, 0.6) is 5.75 Å². The largest absolute Gasteiger partial charge is 0.496 e. The number of carbonyl (C=O) groups is 2. The summed E-state index contributed by atoms with van der Waals surface area (Å²) in [5.41, 5.74) is 5.37. The smallest absolute Gasteiger partial charge is 0.251 e. The number of nitrogens with zero attached hydrogens (tertiary/aromatic N) is 2. The van der Waals surface area contributed by atoms with Crippen molar-refractivity contribution in [3.63, 3.8) is 0 Å². The minimum Gasteiger partial charge on any atom is -0.496 e. The van der Waals surface area contributed by atoms with Crippen LogP contribution in [-0.2, 0) is 24.7 Å². The van der Waals surface area contributed by atoms with Crippen LogP contribution in [0.2, 0.25) is 0 Å². The van der Waals surface area contributed by atoms with E-state index in [0.29, 0.717) is 11.4 Å². The van der Waals surface area contributed by atoms with E-state index in [4.69, 9.17) is 4.74 Å². The van der Waals surface area contributed by atoms with Gasteiger partial charge in [0.15, 0.2) is 0 Å². The molecule has 2 aromatic carbocycles. The lowest BCUT2D eigenvalue weighted by Gasteiger charge is -2.32. The van der Waals surface area contributed by atoms with Crippen molar-refractivity contribution in [1.82, 2.24) is 15.1 Å². The zero-order valence-electron chi connectivity index (χ0n) is 19.7. The quantitative estimate of drug-likeness (QED) is 0.604. The summed E-state index contributed by atoms with van der Waals surface area (Å²) >= 11 is 0. The van der Waals surface area contributed by atoms with Gasteiger partial charge in [-0.3, -0.25) is 14.3 Å². The highest BCUT2D eigenvalue weighted by molar-refractivity contribution is 6.04. The van der Waals surface area contributed by atoms with Gasteiger partial charge in [0.1, 0.15) is 17.6 Å². The Morgan fingerprint density at radius 2 is 1.88 bits per heavy atom. The third-order valence-electron chi connectivity index (χ3n) is 6.39. The minimum absolute atomic E-state index is 0.257. The predicted molar refractivity (Wildman–Crippen MR) is 128 cm³/mol. The molecule has 2 atom stereocenters. The highest BCUT2D eigenvalue weighted by atomic mass is 16.5. The Bertz CT molecular complexity index is 1200. The third-order valence-corrected chi connectivity index (χ3v) is 6.39. The van der Waals surface area contributed by atoms with Crippen molar-refractivity contribution in [3.05, 3.63) is 76.0 Å². The standard InChI is InChI=1S/C26H30N4O3/c1-6-16-8-10-18(11-9-16)22-21-15(3)29-30(4)24(21)28-26(32)23(22)27-25(31)19-12-13-20(33-5)17(7-2)14-19/h8-14,22-23H,6-7H2,1-5H3,(H,27,31)(H,28,32)/t22-,23-/m0/s1. The fourth-order valence-corrected chi connectivity index (χ4v) is 4.60. The van der Waals surface area contributed by atoms with Gasteiger partial charge in [-0.25, -0.2) is 0 Å². The van der Waals surface area contributed by atoms with Crippen LogP contribution >= 0.6 is 0 Å². The van der Waals surface area contributed by atoms with Gasteiger partial charge in [0, 0.05) is 24.1 Å². The molecule has 7 heteroatoms. The number of methoxy groups -OCH3 is 1. The minimum atomic E-state index is -0.771. The first-order chi connectivity index (χ1) is 15.9. The van der Waals surface area contributed by atoms with Crippen LogP contribution < -0.4 is 15.4 Å². The second-order valence-electron chi connectivity index (χ2n) is 8.36. The van der Waals surface area contributed by atoms with E-state index in [2.05, 4.69) is 34.8 Å². The summed E-state index contributed by atoms with van der Waals surface area (Å²) < 4.78 is 7.07. The molecule has 0 aliphatic carbocycles. The third kappa shape index (κ3) is 4.11. The molecule has 172 valence electrons. The number of hydrogen-bond acceptors (Lipinski definition) is 4. The van der Waals surface area contributed by atoms with Gasteiger partial charge in [-0.1, -0.05) is 38.1 Å². The average Bonchev–Trinajstić information content (AvgIpc) is 3.11. The van der Waals surface area contributed by atoms with Crippen molar-refractivity contribution in [2.24, 2.45) is 7.05 Å². The van der Waals surface area contributed by atoms with Gasteiger partial charge in [-0.2, -0.15) is 5.10 Å². The maximum atomic E-state index is 13.3. The lowest BCUT2D eigenvalue weighted by Crippen LogP contribution is -2.50. The van der Waals surface area contributed by atoms with E-state index in [1.807, 2.05) is 39.1 Å². The highest BCUT2D eigenvalue weighted by Gasteiger charge is 2.41. The van der Waals surface area contributed by atoms with Gasteiger partial charge >= 0.3 is 0 Å². The molecule has 0 fully saturated rings. The van der Waals surface area contributed by atoms with Crippen LogP contribution in [0, 0.1) is 6.92 Å². The first kappa shape index (κ1) is 22.6. The number of carbonyl (C=O) groups excluding carboxylic acids is 2. The van der Waals surface area contributed by atoms with Crippen molar-refractivity contribution in [2.45, 2.75) is 45.6 Å². The SMILES string of the molecule is CCc1ccc([C@H]2c3c(C)nn(C)c3NC(=O)[C@H]2NC(=O)c2ccc(OC)c(CC)c2)cc1. The first-order valence-corrected chi connectivity index (χ1v) is 11.3. The van der Waals surface area contributed by atoms with E-state index in [9.17, 15) is 9.59 Å². The van der Waals surface area contributed by atoms with Gasteiger partial charge < -0.3 is 15.4 Å². The van der Waals surface area contributed by atoms with E-state index in [-0.39, 0.29) is 17.7 Å². The molecule has 0 unspecified atom stereocenters. The van der Waals surface area contributed by atoms with Crippen molar-refractivity contribution in [2.75, 3.05) is 12.4 Å². The lowest BCUT2D eigenvalue weighted by molar-refractivity contribution is -0.118. The predicted octanol–water partition coefficient (Wildman–Crippen LogP) is 3.74. The van der Waals surface area contributed by atoms with E-state index in [1.165, 1.54) is 5.56 Å². The fourth-order valence-electron chi connectivity index (χ4n) is 4.60. The summed E-state index contributed by atoms with van der Waals surface area (Å²) in [6, 6.07) is 12.8. The Hall–Kier alpha value is -3.61.